The molecule has 1 aliphatic rings. The molecule has 1 fully saturated rings. The summed E-state index contributed by atoms with van der Waals surface area (Å²) in [4.78, 5) is 11.1. The Hall–Kier alpha value is -0.810. The van der Waals surface area contributed by atoms with Crippen LogP contribution < -0.4 is 10.2 Å². The fraction of sp³-hybridized carbons (Fsp3) is 0.714. The van der Waals surface area contributed by atoms with Crippen LogP contribution in [0.15, 0.2) is 17.4 Å². The second kappa shape index (κ2) is 7.70. The third kappa shape index (κ3) is 4.35. The number of anilines is 1. The Balaban J connectivity index is 2.05. The summed E-state index contributed by atoms with van der Waals surface area (Å²) < 4.78 is 0. The number of nitrogens with zero attached hydrogens (tertiary/aromatic N) is 3. The SMILES string of the molecule is CCCCN(CC1CCCN1)c1cc(SC)ncn1. The van der Waals surface area contributed by atoms with Crippen molar-refractivity contribution in [3.05, 3.63) is 12.4 Å². The zero-order valence-electron chi connectivity index (χ0n) is 11.9. The molecule has 1 aromatic rings. The fourth-order valence-electron chi connectivity index (χ4n) is 2.44. The largest absolute Gasteiger partial charge is 0.355 e. The van der Waals surface area contributed by atoms with Crippen LogP contribution in [-0.2, 0) is 0 Å². The van der Waals surface area contributed by atoms with E-state index < -0.39 is 0 Å². The van der Waals surface area contributed by atoms with Gasteiger partial charge in [0, 0.05) is 25.2 Å². The number of hydrogen-bond donors (Lipinski definition) is 1. The molecule has 1 saturated heterocycles. The second-order valence-electron chi connectivity index (χ2n) is 5.01. The van der Waals surface area contributed by atoms with Crippen molar-refractivity contribution in [2.24, 2.45) is 0 Å². The van der Waals surface area contributed by atoms with Crippen LogP contribution in [0.3, 0.4) is 0 Å². The molecule has 1 aliphatic heterocycles. The third-order valence-electron chi connectivity index (χ3n) is 3.55. The van der Waals surface area contributed by atoms with Crippen molar-refractivity contribution in [2.75, 3.05) is 30.8 Å². The van der Waals surface area contributed by atoms with E-state index in [0.29, 0.717) is 6.04 Å². The van der Waals surface area contributed by atoms with Crippen molar-refractivity contribution in [3.8, 4) is 0 Å². The van der Waals surface area contributed by atoms with Gasteiger partial charge in [-0.1, -0.05) is 13.3 Å². The molecule has 2 rings (SSSR count). The summed E-state index contributed by atoms with van der Waals surface area (Å²) in [6, 6.07) is 2.72. The topological polar surface area (TPSA) is 41.0 Å². The van der Waals surface area contributed by atoms with Gasteiger partial charge in [0.1, 0.15) is 17.2 Å². The molecule has 0 aromatic carbocycles. The van der Waals surface area contributed by atoms with Gasteiger partial charge in [-0.2, -0.15) is 0 Å². The summed E-state index contributed by atoms with van der Waals surface area (Å²) in [5.41, 5.74) is 0. The van der Waals surface area contributed by atoms with E-state index in [2.05, 4.69) is 39.4 Å². The van der Waals surface area contributed by atoms with Gasteiger partial charge in [0.15, 0.2) is 0 Å². The first-order valence-corrected chi connectivity index (χ1v) is 8.40. The number of hydrogen-bond acceptors (Lipinski definition) is 5. The minimum absolute atomic E-state index is 0.615. The van der Waals surface area contributed by atoms with E-state index in [0.717, 1.165) is 30.5 Å². The van der Waals surface area contributed by atoms with E-state index in [1.165, 1.54) is 25.7 Å². The zero-order chi connectivity index (χ0) is 13.5. The van der Waals surface area contributed by atoms with E-state index in [1.54, 1.807) is 18.1 Å². The van der Waals surface area contributed by atoms with Gasteiger partial charge in [-0.15, -0.1) is 11.8 Å². The highest BCUT2D eigenvalue weighted by Crippen LogP contribution is 2.19. The zero-order valence-corrected chi connectivity index (χ0v) is 12.7. The highest BCUT2D eigenvalue weighted by molar-refractivity contribution is 7.98. The van der Waals surface area contributed by atoms with Crippen LogP contribution in [0, 0.1) is 0 Å². The Morgan fingerprint density at radius 2 is 2.37 bits per heavy atom. The Morgan fingerprint density at radius 3 is 3.05 bits per heavy atom. The van der Waals surface area contributed by atoms with Crippen LogP contribution in [0.4, 0.5) is 5.82 Å². The fourth-order valence-corrected chi connectivity index (χ4v) is 2.82. The first-order chi connectivity index (χ1) is 9.33. The van der Waals surface area contributed by atoms with Gasteiger partial charge in [-0.05, 0) is 32.1 Å². The van der Waals surface area contributed by atoms with Gasteiger partial charge < -0.3 is 10.2 Å². The normalized spacial score (nSPS) is 18.7. The molecule has 0 saturated carbocycles. The highest BCUT2D eigenvalue weighted by Gasteiger charge is 2.18. The van der Waals surface area contributed by atoms with Gasteiger partial charge in [-0.3, -0.25) is 0 Å². The molecule has 106 valence electrons. The van der Waals surface area contributed by atoms with E-state index in [9.17, 15) is 0 Å². The number of thioether (sulfide) groups is 1. The summed E-state index contributed by atoms with van der Waals surface area (Å²) in [6.45, 7) is 5.54. The van der Waals surface area contributed by atoms with Crippen molar-refractivity contribution in [1.29, 1.82) is 0 Å². The summed E-state index contributed by atoms with van der Waals surface area (Å²) in [5, 5.41) is 4.62. The van der Waals surface area contributed by atoms with Gasteiger partial charge in [0.05, 0.1) is 0 Å². The molecular weight excluding hydrogens is 256 g/mol. The van der Waals surface area contributed by atoms with E-state index >= 15 is 0 Å². The van der Waals surface area contributed by atoms with Gasteiger partial charge in [0.2, 0.25) is 0 Å². The molecule has 0 amide bonds. The minimum atomic E-state index is 0.615. The molecule has 1 unspecified atom stereocenters. The minimum Gasteiger partial charge on any atom is -0.355 e. The van der Waals surface area contributed by atoms with Crippen molar-refractivity contribution in [2.45, 2.75) is 43.7 Å². The lowest BCUT2D eigenvalue weighted by Crippen LogP contribution is -2.38. The average molecular weight is 280 g/mol. The van der Waals surface area contributed by atoms with Gasteiger partial charge in [0.25, 0.3) is 0 Å². The second-order valence-corrected chi connectivity index (χ2v) is 5.84. The monoisotopic (exact) mass is 280 g/mol. The van der Waals surface area contributed by atoms with Crippen LogP contribution in [0.5, 0.6) is 0 Å². The van der Waals surface area contributed by atoms with Crippen LogP contribution in [0.2, 0.25) is 0 Å². The molecule has 0 bridgehead atoms. The maximum Gasteiger partial charge on any atom is 0.133 e. The first-order valence-electron chi connectivity index (χ1n) is 7.18. The number of aromatic nitrogens is 2. The van der Waals surface area contributed by atoms with Crippen molar-refractivity contribution >= 4 is 17.6 Å². The summed E-state index contributed by atoms with van der Waals surface area (Å²) >= 11 is 1.67. The molecule has 19 heavy (non-hydrogen) atoms. The highest BCUT2D eigenvalue weighted by atomic mass is 32.2. The van der Waals surface area contributed by atoms with E-state index in [1.807, 2.05) is 0 Å². The summed E-state index contributed by atoms with van der Waals surface area (Å²) in [5.74, 6) is 1.07. The predicted molar refractivity (Wildman–Crippen MR) is 82.0 cm³/mol. The van der Waals surface area contributed by atoms with Crippen molar-refractivity contribution in [1.82, 2.24) is 15.3 Å². The lowest BCUT2D eigenvalue weighted by molar-refractivity contribution is 0.568. The number of rotatable bonds is 7. The molecule has 5 heteroatoms. The summed E-state index contributed by atoms with van der Waals surface area (Å²) in [6.07, 6.45) is 8.75. The molecule has 0 aliphatic carbocycles. The van der Waals surface area contributed by atoms with Crippen LogP contribution >= 0.6 is 11.8 Å². The number of unbranched alkanes of at least 4 members (excludes halogenated alkanes) is 1. The average Bonchev–Trinajstić information content (AvgIpc) is 2.96. The Kier molecular flexibility index (Phi) is 5.92. The van der Waals surface area contributed by atoms with Gasteiger partial charge in [-0.25, -0.2) is 9.97 Å². The Labute approximate surface area is 120 Å². The number of nitrogens with one attached hydrogen (secondary N) is 1. The molecule has 4 nitrogen and oxygen atoms in total. The standard InChI is InChI=1S/C14H24N4S/c1-3-4-8-18(10-12-6-5-7-15-12)13-9-14(19-2)17-11-16-13/h9,11-12,15H,3-8,10H2,1-2H3. The lowest BCUT2D eigenvalue weighted by atomic mass is 10.2. The molecule has 0 spiro atoms. The van der Waals surface area contributed by atoms with Crippen LogP contribution in [0.1, 0.15) is 32.6 Å². The quantitative estimate of drug-likeness (QED) is 0.614. The smallest absolute Gasteiger partial charge is 0.133 e. The Morgan fingerprint density at radius 1 is 1.47 bits per heavy atom. The van der Waals surface area contributed by atoms with E-state index in [-0.39, 0.29) is 0 Å². The molecule has 1 N–H and O–H groups in total. The van der Waals surface area contributed by atoms with Crippen LogP contribution in [-0.4, -0.2) is 41.9 Å². The molecular formula is C14H24N4S. The van der Waals surface area contributed by atoms with E-state index in [4.69, 9.17) is 0 Å². The summed E-state index contributed by atoms with van der Waals surface area (Å²) in [7, 11) is 0. The maximum atomic E-state index is 4.46. The van der Waals surface area contributed by atoms with Crippen LogP contribution in [0.25, 0.3) is 0 Å². The molecule has 2 heterocycles. The van der Waals surface area contributed by atoms with Crippen molar-refractivity contribution < 1.29 is 0 Å². The molecule has 1 aromatic heterocycles. The maximum absolute atomic E-state index is 4.46. The Bertz CT molecular complexity index is 379. The predicted octanol–water partition coefficient (Wildman–Crippen LogP) is 2.56. The molecule has 0 radical (unpaired) electrons. The first kappa shape index (κ1) is 14.6. The lowest BCUT2D eigenvalue weighted by Gasteiger charge is -2.27. The third-order valence-corrected chi connectivity index (χ3v) is 4.19. The van der Waals surface area contributed by atoms with Crippen molar-refractivity contribution in [3.63, 3.8) is 0 Å². The van der Waals surface area contributed by atoms with Gasteiger partial charge >= 0.3 is 0 Å². The molecule has 1 atom stereocenters.